The Morgan fingerprint density at radius 3 is 2.55 bits per heavy atom. The molecule has 0 bridgehead atoms. The van der Waals surface area contributed by atoms with Gasteiger partial charge in [0, 0.05) is 11.1 Å². The Labute approximate surface area is 124 Å². The monoisotopic (exact) mass is 291 g/mol. The Morgan fingerprint density at radius 1 is 1.20 bits per heavy atom. The normalized spacial score (nSPS) is 11.9. The number of halogens is 1. The zero-order valence-electron chi connectivity index (χ0n) is 11.6. The highest BCUT2D eigenvalue weighted by atomic mass is 35.5. The fourth-order valence-electron chi connectivity index (χ4n) is 2.10. The van der Waals surface area contributed by atoms with Crippen molar-refractivity contribution in [2.24, 2.45) is 0 Å². The van der Waals surface area contributed by atoms with Crippen LogP contribution in [0, 0.1) is 0 Å². The number of rotatable bonds is 5. The molecule has 0 aliphatic rings. The summed E-state index contributed by atoms with van der Waals surface area (Å²) in [6.07, 6.45) is 0.843. The van der Waals surface area contributed by atoms with Gasteiger partial charge in [0.25, 0.3) is 0 Å². The maximum Gasteiger partial charge on any atom is 0.142 e. The van der Waals surface area contributed by atoms with Crippen molar-refractivity contribution in [3.8, 4) is 11.5 Å². The van der Waals surface area contributed by atoms with Crippen LogP contribution in [-0.4, -0.2) is 18.3 Å². The fourth-order valence-corrected chi connectivity index (χ4v) is 2.27. The molecule has 2 N–H and O–H groups in total. The molecule has 1 atom stereocenters. The predicted molar refractivity (Wildman–Crippen MR) is 82.9 cm³/mol. The summed E-state index contributed by atoms with van der Waals surface area (Å²) in [7, 11) is 1.64. The van der Waals surface area contributed by atoms with Gasteiger partial charge >= 0.3 is 0 Å². The first-order valence-electron chi connectivity index (χ1n) is 6.46. The highest BCUT2D eigenvalue weighted by Crippen LogP contribution is 2.28. The van der Waals surface area contributed by atoms with Gasteiger partial charge in [-0.3, -0.25) is 0 Å². The van der Waals surface area contributed by atoms with E-state index in [0.29, 0.717) is 5.02 Å². The van der Waals surface area contributed by atoms with Crippen LogP contribution in [-0.2, 0) is 6.42 Å². The zero-order valence-corrected chi connectivity index (χ0v) is 12.3. The van der Waals surface area contributed by atoms with Crippen molar-refractivity contribution in [1.82, 2.24) is 0 Å². The summed E-state index contributed by atoms with van der Waals surface area (Å²) in [6.45, 7) is 2.09. The number of benzene rings is 2. The van der Waals surface area contributed by atoms with Crippen molar-refractivity contribution in [1.29, 1.82) is 0 Å². The third-order valence-electron chi connectivity index (χ3n) is 3.04. The Kier molecular flexibility index (Phi) is 4.74. The highest BCUT2D eigenvalue weighted by Gasteiger charge is 2.08. The number of anilines is 1. The van der Waals surface area contributed by atoms with Gasteiger partial charge in [0.2, 0.25) is 0 Å². The summed E-state index contributed by atoms with van der Waals surface area (Å²) >= 11 is 6.01. The highest BCUT2D eigenvalue weighted by molar-refractivity contribution is 6.30. The van der Waals surface area contributed by atoms with Gasteiger partial charge in [-0.2, -0.15) is 0 Å². The average Bonchev–Trinajstić information content (AvgIpc) is 2.41. The molecule has 0 fully saturated rings. The van der Waals surface area contributed by atoms with Gasteiger partial charge in [0.15, 0.2) is 0 Å². The number of aromatic hydroxyl groups is 1. The number of hydrogen-bond donors (Lipinski definition) is 2. The number of phenols is 1. The van der Waals surface area contributed by atoms with Crippen molar-refractivity contribution in [3.63, 3.8) is 0 Å². The summed E-state index contributed by atoms with van der Waals surface area (Å²) in [5.74, 6) is 1.05. The molecule has 0 radical (unpaired) electrons. The van der Waals surface area contributed by atoms with Crippen LogP contribution in [0.3, 0.4) is 0 Å². The standard InChI is InChI=1S/C16H18ClNO2/c1-11(9-12-3-6-14(19)7-4-12)18-15-10-13(17)5-8-16(15)20-2/h3-8,10-11,18-19H,9H2,1-2H3. The van der Waals surface area contributed by atoms with E-state index in [-0.39, 0.29) is 11.8 Å². The number of methoxy groups -OCH3 is 1. The minimum absolute atomic E-state index is 0.215. The van der Waals surface area contributed by atoms with E-state index in [1.165, 1.54) is 0 Å². The van der Waals surface area contributed by atoms with Crippen LogP contribution in [0.15, 0.2) is 42.5 Å². The molecule has 0 aliphatic carbocycles. The Morgan fingerprint density at radius 2 is 1.90 bits per heavy atom. The molecule has 0 saturated carbocycles. The molecule has 0 amide bonds. The van der Waals surface area contributed by atoms with E-state index in [4.69, 9.17) is 16.3 Å². The van der Waals surface area contributed by atoms with Gasteiger partial charge < -0.3 is 15.2 Å². The molecule has 2 rings (SSSR count). The van der Waals surface area contributed by atoms with Crippen LogP contribution in [0.5, 0.6) is 11.5 Å². The lowest BCUT2D eigenvalue weighted by atomic mass is 10.1. The molecule has 3 nitrogen and oxygen atoms in total. The van der Waals surface area contributed by atoms with Crippen molar-refractivity contribution in [2.75, 3.05) is 12.4 Å². The van der Waals surface area contributed by atoms with Crippen molar-refractivity contribution in [2.45, 2.75) is 19.4 Å². The molecule has 2 aromatic carbocycles. The van der Waals surface area contributed by atoms with Crippen LogP contribution in [0.4, 0.5) is 5.69 Å². The quantitative estimate of drug-likeness (QED) is 0.871. The Bertz CT molecular complexity index is 569. The van der Waals surface area contributed by atoms with Crippen LogP contribution in [0.25, 0.3) is 0 Å². The van der Waals surface area contributed by atoms with Gasteiger partial charge in [-0.05, 0) is 49.2 Å². The second-order valence-electron chi connectivity index (χ2n) is 4.76. The van der Waals surface area contributed by atoms with E-state index < -0.39 is 0 Å². The number of ether oxygens (including phenoxy) is 1. The molecule has 20 heavy (non-hydrogen) atoms. The minimum atomic E-state index is 0.215. The number of phenolic OH excluding ortho intramolecular Hbond substituents is 1. The molecular weight excluding hydrogens is 274 g/mol. The topological polar surface area (TPSA) is 41.5 Å². The predicted octanol–water partition coefficient (Wildman–Crippen LogP) is 4.10. The molecule has 1 unspecified atom stereocenters. The van der Waals surface area contributed by atoms with Crippen molar-refractivity contribution in [3.05, 3.63) is 53.1 Å². The lowest BCUT2D eigenvalue weighted by molar-refractivity contribution is 0.416. The van der Waals surface area contributed by atoms with E-state index in [1.54, 1.807) is 25.3 Å². The van der Waals surface area contributed by atoms with Gasteiger partial charge in [0.05, 0.1) is 12.8 Å². The van der Waals surface area contributed by atoms with Crippen molar-refractivity contribution >= 4 is 17.3 Å². The fraction of sp³-hybridized carbons (Fsp3) is 0.250. The second-order valence-corrected chi connectivity index (χ2v) is 5.20. The largest absolute Gasteiger partial charge is 0.508 e. The van der Waals surface area contributed by atoms with Crippen LogP contribution in [0.2, 0.25) is 5.02 Å². The van der Waals surface area contributed by atoms with E-state index in [9.17, 15) is 5.11 Å². The molecular formula is C16H18ClNO2. The van der Waals surface area contributed by atoms with Crippen molar-refractivity contribution < 1.29 is 9.84 Å². The summed E-state index contributed by atoms with van der Waals surface area (Å²) < 4.78 is 5.31. The van der Waals surface area contributed by atoms with Crippen LogP contribution >= 0.6 is 11.6 Å². The number of nitrogens with one attached hydrogen (secondary N) is 1. The first kappa shape index (κ1) is 14.5. The molecule has 0 aliphatic heterocycles. The average molecular weight is 292 g/mol. The van der Waals surface area contributed by atoms with E-state index in [1.807, 2.05) is 24.3 Å². The molecule has 0 aromatic heterocycles. The SMILES string of the molecule is COc1ccc(Cl)cc1NC(C)Cc1ccc(O)cc1. The molecule has 0 spiro atoms. The van der Waals surface area contributed by atoms with Crippen LogP contribution < -0.4 is 10.1 Å². The maximum absolute atomic E-state index is 9.28. The van der Waals surface area contributed by atoms with Gasteiger partial charge in [-0.15, -0.1) is 0 Å². The summed E-state index contributed by atoms with van der Waals surface area (Å²) in [5.41, 5.74) is 2.04. The summed E-state index contributed by atoms with van der Waals surface area (Å²) in [5, 5.41) is 13.3. The van der Waals surface area contributed by atoms with E-state index in [2.05, 4.69) is 12.2 Å². The van der Waals surface area contributed by atoms with Crippen LogP contribution in [0.1, 0.15) is 12.5 Å². The number of hydrogen-bond acceptors (Lipinski definition) is 3. The third kappa shape index (κ3) is 3.81. The van der Waals surface area contributed by atoms with Gasteiger partial charge in [0.1, 0.15) is 11.5 Å². The molecule has 4 heteroatoms. The lowest BCUT2D eigenvalue weighted by Gasteiger charge is -2.18. The van der Waals surface area contributed by atoms with E-state index in [0.717, 1.165) is 23.4 Å². The van der Waals surface area contributed by atoms with Gasteiger partial charge in [-0.1, -0.05) is 23.7 Å². The summed E-state index contributed by atoms with van der Waals surface area (Å²) in [6, 6.07) is 12.9. The first-order chi connectivity index (χ1) is 9.58. The third-order valence-corrected chi connectivity index (χ3v) is 3.28. The Hall–Kier alpha value is -1.87. The summed E-state index contributed by atoms with van der Waals surface area (Å²) in [4.78, 5) is 0. The van der Waals surface area contributed by atoms with Gasteiger partial charge in [-0.25, -0.2) is 0 Å². The molecule has 106 valence electrons. The molecule has 0 saturated heterocycles. The Balaban J connectivity index is 2.05. The molecule has 2 aromatic rings. The lowest BCUT2D eigenvalue weighted by Crippen LogP contribution is -2.18. The second kappa shape index (κ2) is 6.53. The molecule has 0 heterocycles. The maximum atomic E-state index is 9.28. The minimum Gasteiger partial charge on any atom is -0.508 e. The van der Waals surface area contributed by atoms with E-state index >= 15 is 0 Å². The zero-order chi connectivity index (χ0) is 14.5. The first-order valence-corrected chi connectivity index (χ1v) is 6.84. The smallest absolute Gasteiger partial charge is 0.142 e.